The summed E-state index contributed by atoms with van der Waals surface area (Å²) in [7, 11) is 0. The molecule has 0 unspecified atom stereocenters. The van der Waals surface area contributed by atoms with Crippen molar-refractivity contribution in [1.82, 2.24) is 14.8 Å². The van der Waals surface area contributed by atoms with Crippen LogP contribution < -0.4 is 5.32 Å². The summed E-state index contributed by atoms with van der Waals surface area (Å²) in [5, 5.41) is 8.44. The van der Waals surface area contributed by atoms with E-state index < -0.39 is 5.91 Å². The lowest BCUT2D eigenvalue weighted by molar-refractivity contribution is 0.101. The van der Waals surface area contributed by atoms with Crippen LogP contribution in [0.4, 0.5) is 5.69 Å². The van der Waals surface area contributed by atoms with Gasteiger partial charge < -0.3 is 5.32 Å². The van der Waals surface area contributed by atoms with Crippen molar-refractivity contribution < 1.29 is 4.79 Å². The van der Waals surface area contributed by atoms with E-state index >= 15 is 0 Å². The number of rotatable bonds is 4. The van der Waals surface area contributed by atoms with Crippen LogP contribution in [0, 0.1) is 13.8 Å². The maximum atomic E-state index is 12.9. The summed E-state index contributed by atoms with van der Waals surface area (Å²) in [5.41, 5.74) is 4.10. The topological polar surface area (TPSA) is 59.8 Å². The van der Waals surface area contributed by atoms with Crippen LogP contribution in [0.25, 0.3) is 17.1 Å². The average Bonchev–Trinajstić information content (AvgIpc) is 3.15. The SMILES string of the molecule is Cc1cccc(-c2nc(C(=O)Nc3cccc(Cl)c3)nn2-c2cccc(Cl)c2C)c1. The Balaban J connectivity index is 1.81. The summed E-state index contributed by atoms with van der Waals surface area (Å²) in [4.78, 5) is 17.4. The van der Waals surface area contributed by atoms with Crippen LogP contribution in [-0.4, -0.2) is 20.7 Å². The number of anilines is 1. The van der Waals surface area contributed by atoms with Crippen LogP contribution >= 0.6 is 23.2 Å². The number of nitrogens with zero attached hydrogens (tertiary/aromatic N) is 3. The van der Waals surface area contributed by atoms with E-state index in [1.807, 2.05) is 56.3 Å². The summed E-state index contributed by atoms with van der Waals surface area (Å²) in [6, 6.07) is 20.4. The second-order valence-corrected chi connectivity index (χ2v) is 7.73. The second-order valence-electron chi connectivity index (χ2n) is 6.89. The number of hydrogen-bond acceptors (Lipinski definition) is 3. The van der Waals surface area contributed by atoms with Gasteiger partial charge in [-0.3, -0.25) is 4.79 Å². The molecule has 4 aromatic rings. The first-order valence-electron chi connectivity index (χ1n) is 9.29. The van der Waals surface area contributed by atoms with E-state index in [-0.39, 0.29) is 5.82 Å². The van der Waals surface area contributed by atoms with Gasteiger partial charge in [0.05, 0.1) is 5.69 Å². The standard InChI is InChI=1S/C23H18Cl2N4O/c1-14-6-3-7-16(12-14)22-27-21(23(30)26-18-9-4-8-17(24)13-18)28-29(22)20-11-5-10-19(25)15(20)2/h3-13H,1-2H3,(H,26,30). The highest BCUT2D eigenvalue weighted by molar-refractivity contribution is 6.31. The van der Waals surface area contributed by atoms with Crippen molar-refractivity contribution in [3.05, 3.63) is 93.7 Å². The van der Waals surface area contributed by atoms with Crippen molar-refractivity contribution in [2.45, 2.75) is 13.8 Å². The molecule has 0 fully saturated rings. The zero-order valence-electron chi connectivity index (χ0n) is 16.4. The van der Waals surface area contributed by atoms with Crippen molar-refractivity contribution >= 4 is 34.8 Å². The third kappa shape index (κ3) is 4.08. The van der Waals surface area contributed by atoms with E-state index in [2.05, 4.69) is 15.4 Å². The van der Waals surface area contributed by atoms with Gasteiger partial charge in [-0.05, 0) is 55.8 Å². The third-order valence-electron chi connectivity index (χ3n) is 4.64. The number of carbonyl (C=O) groups is 1. The normalized spacial score (nSPS) is 10.8. The van der Waals surface area contributed by atoms with Crippen molar-refractivity contribution in [3.63, 3.8) is 0 Å². The molecule has 0 aliphatic heterocycles. The minimum absolute atomic E-state index is 0.0471. The van der Waals surface area contributed by atoms with Gasteiger partial charge in [0.25, 0.3) is 5.91 Å². The zero-order chi connectivity index (χ0) is 21.3. The maximum Gasteiger partial charge on any atom is 0.295 e. The van der Waals surface area contributed by atoms with E-state index in [0.717, 1.165) is 22.4 Å². The third-order valence-corrected chi connectivity index (χ3v) is 5.28. The molecule has 0 saturated heterocycles. The van der Waals surface area contributed by atoms with Gasteiger partial charge in [0.15, 0.2) is 5.82 Å². The summed E-state index contributed by atoms with van der Waals surface area (Å²) in [6.45, 7) is 3.91. The number of hydrogen-bond donors (Lipinski definition) is 1. The highest BCUT2D eigenvalue weighted by Crippen LogP contribution is 2.27. The lowest BCUT2D eigenvalue weighted by Crippen LogP contribution is -2.14. The van der Waals surface area contributed by atoms with Crippen molar-refractivity contribution in [3.8, 4) is 17.1 Å². The number of halogens is 2. The molecular weight excluding hydrogens is 419 g/mol. The molecule has 0 aliphatic rings. The van der Waals surface area contributed by atoms with Gasteiger partial charge in [0.2, 0.25) is 5.82 Å². The Morgan fingerprint density at radius 2 is 1.73 bits per heavy atom. The first kappa shape index (κ1) is 20.1. The lowest BCUT2D eigenvalue weighted by Gasteiger charge is -2.10. The van der Waals surface area contributed by atoms with Gasteiger partial charge in [0.1, 0.15) is 0 Å². The summed E-state index contributed by atoms with van der Waals surface area (Å²) in [5.74, 6) is 0.177. The minimum atomic E-state index is -0.426. The molecule has 7 heteroatoms. The second kappa shape index (κ2) is 8.30. The molecule has 1 amide bonds. The molecular formula is C23H18Cl2N4O. The fraction of sp³-hybridized carbons (Fsp3) is 0.0870. The molecule has 0 bridgehead atoms. The molecule has 150 valence electrons. The highest BCUT2D eigenvalue weighted by Gasteiger charge is 2.20. The molecule has 0 spiro atoms. The number of aromatic nitrogens is 3. The largest absolute Gasteiger partial charge is 0.319 e. The Labute approximate surface area is 184 Å². The molecule has 1 heterocycles. The van der Waals surface area contributed by atoms with E-state index in [1.165, 1.54) is 0 Å². The molecule has 4 rings (SSSR count). The fourth-order valence-corrected chi connectivity index (χ4v) is 3.49. The molecule has 0 radical (unpaired) electrons. The fourth-order valence-electron chi connectivity index (χ4n) is 3.13. The van der Waals surface area contributed by atoms with E-state index in [9.17, 15) is 4.79 Å². The van der Waals surface area contributed by atoms with Gasteiger partial charge in [-0.1, -0.05) is 59.1 Å². The Hall–Kier alpha value is -3.15. The van der Waals surface area contributed by atoms with Gasteiger partial charge in [-0.25, -0.2) is 9.67 Å². The quantitative estimate of drug-likeness (QED) is 0.419. The zero-order valence-corrected chi connectivity index (χ0v) is 17.9. The predicted molar refractivity (Wildman–Crippen MR) is 121 cm³/mol. The molecule has 0 saturated carbocycles. The van der Waals surface area contributed by atoms with E-state index in [0.29, 0.717) is 21.6 Å². The molecule has 0 aliphatic carbocycles. The van der Waals surface area contributed by atoms with Crippen molar-refractivity contribution in [1.29, 1.82) is 0 Å². The molecule has 1 aromatic heterocycles. The van der Waals surface area contributed by atoms with Crippen molar-refractivity contribution in [2.75, 3.05) is 5.32 Å². The van der Waals surface area contributed by atoms with Crippen LogP contribution in [0.1, 0.15) is 21.7 Å². The van der Waals surface area contributed by atoms with Crippen LogP contribution in [0.5, 0.6) is 0 Å². The number of amides is 1. The Morgan fingerprint density at radius 3 is 2.50 bits per heavy atom. The summed E-state index contributed by atoms with van der Waals surface area (Å²) in [6.07, 6.45) is 0. The molecule has 0 atom stereocenters. The van der Waals surface area contributed by atoms with Gasteiger partial charge in [-0.2, -0.15) is 0 Å². The number of aryl methyl sites for hydroxylation is 1. The van der Waals surface area contributed by atoms with Crippen LogP contribution in [0.3, 0.4) is 0 Å². The highest BCUT2D eigenvalue weighted by atomic mass is 35.5. The maximum absolute atomic E-state index is 12.9. The number of nitrogens with one attached hydrogen (secondary N) is 1. The predicted octanol–water partition coefficient (Wildman–Crippen LogP) is 6.11. The van der Waals surface area contributed by atoms with Crippen LogP contribution in [0.15, 0.2) is 66.7 Å². The average molecular weight is 437 g/mol. The first-order valence-corrected chi connectivity index (χ1v) is 10.0. The Morgan fingerprint density at radius 1 is 0.967 bits per heavy atom. The summed E-state index contributed by atoms with van der Waals surface area (Å²) >= 11 is 12.3. The molecule has 1 N–H and O–H groups in total. The minimum Gasteiger partial charge on any atom is -0.319 e. The van der Waals surface area contributed by atoms with Crippen LogP contribution in [-0.2, 0) is 0 Å². The molecule has 30 heavy (non-hydrogen) atoms. The number of benzene rings is 3. The van der Waals surface area contributed by atoms with Gasteiger partial charge in [-0.15, -0.1) is 5.10 Å². The van der Waals surface area contributed by atoms with Gasteiger partial charge in [0, 0.05) is 21.3 Å². The Bertz CT molecular complexity index is 1250. The smallest absolute Gasteiger partial charge is 0.295 e. The monoisotopic (exact) mass is 436 g/mol. The first-order chi connectivity index (χ1) is 14.4. The summed E-state index contributed by atoms with van der Waals surface area (Å²) < 4.78 is 1.66. The van der Waals surface area contributed by atoms with Gasteiger partial charge >= 0.3 is 0 Å². The van der Waals surface area contributed by atoms with Crippen molar-refractivity contribution in [2.24, 2.45) is 0 Å². The van der Waals surface area contributed by atoms with E-state index in [1.54, 1.807) is 28.9 Å². The molecule has 3 aromatic carbocycles. The Kier molecular flexibility index (Phi) is 5.57. The van der Waals surface area contributed by atoms with Crippen LogP contribution in [0.2, 0.25) is 10.0 Å². The lowest BCUT2D eigenvalue weighted by atomic mass is 10.1. The number of carbonyl (C=O) groups excluding carboxylic acids is 1. The van der Waals surface area contributed by atoms with E-state index in [4.69, 9.17) is 23.2 Å². The molecule has 5 nitrogen and oxygen atoms in total.